The van der Waals surface area contributed by atoms with Crippen LogP contribution in [0.2, 0.25) is 0 Å². The van der Waals surface area contributed by atoms with Crippen LogP contribution in [0.15, 0.2) is 48.5 Å². The van der Waals surface area contributed by atoms with Crippen molar-refractivity contribution in [2.24, 2.45) is 0 Å². The summed E-state index contributed by atoms with van der Waals surface area (Å²) in [6.45, 7) is 0. The largest absolute Gasteiger partial charge is 0.412 e. The summed E-state index contributed by atoms with van der Waals surface area (Å²) in [5, 5.41) is 32.1. The fourth-order valence-corrected chi connectivity index (χ4v) is 1.71. The molecule has 0 aliphatic rings. The van der Waals surface area contributed by atoms with Crippen LogP contribution in [-0.4, -0.2) is 46.2 Å². The van der Waals surface area contributed by atoms with E-state index in [0.29, 0.717) is 22.1 Å². The summed E-state index contributed by atoms with van der Waals surface area (Å²) in [6, 6.07) is 14.4. The molecule has 4 N–H and O–H groups in total. The number of nitrogens with zero attached hydrogens (tertiary/aromatic N) is 6. The summed E-state index contributed by atoms with van der Waals surface area (Å²) < 4.78 is 0. The van der Waals surface area contributed by atoms with Crippen molar-refractivity contribution in [3.8, 4) is 0 Å². The van der Waals surface area contributed by atoms with Crippen LogP contribution in [0.25, 0.3) is 22.1 Å². The van der Waals surface area contributed by atoms with Crippen LogP contribution in [0.1, 0.15) is 0 Å². The van der Waals surface area contributed by atoms with Gasteiger partial charge < -0.3 is 15.9 Å². The summed E-state index contributed by atoms with van der Waals surface area (Å²) in [6.07, 6.45) is 0. The molecular formula is C12H12N6O3. The molecule has 4 aromatic rings. The number of aromatic nitrogens is 6. The molecule has 0 radical (unpaired) electrons. The van der Waals surface area contributed by atoms with Gasteiger partial charge >= 0.3 is 0 Å². The van der Waals surface area contributed by atoms with E-state index in [1.807, 2.05) is 24.3 Å². The maximum atomic E-state index is 8.95. The lowest BCUT2D eigenvalue weighted by Crippen LogP contribution is -1.90. The molecule has 9 nitrogen and oxygen atoms in total. The van der Waals surface area contributed by atoms with E-state index >= 15 is 0 Å². The Balaban J connectivity index is 0.000000147. The summed E-state index contributed by atoms with van der Waals surface area (Å²) in [4.78, 5) is 1.52. The maximum Gasteiger partial charge on any atom is 0.130 e. The highest BCUT2D eigenvalue weighted by molar-refractivity contribution is 5.73. The van der Waals surface area contributed by atoms with Crippen molar-refractivity contribution in [3.63, 3.8) is 0 Å². The quantitative estimate of drug-likeness (QED) is 0.453. The van der Waals surface area contributed by atoms with Crippen molar-refractivity contribution in [2.75, 3.05) is 0 Å². The van der Waals surface area contributed by atoms with Crippen molar-refractivity contribution in [3.05, 3.63) is 48.5 Å². The molecule has 0 aliphatic carbocycles. The van der Waals surface area contributed by atoms with E-state index in [0.717, 1.165) is 9.69 Å². The van der Waals surface area contributed by atoms with E-state index in [2.05, 4.69) is 20.6 Å². The van der Waals surface area contributed by atoms with Gasteiger partial charge in [-0.25, -0.2) is 0 Å². The van der Waals surface area contributed by atoms with Crippen molar-refractivity contribution >= 4 is 22.1 Å². The molecule has 0 spiro atoms. The van der Waals surface area contributed by atoms with Crippen molar-refractivity contribution in [1.29, 1.82) is 0 Å². The van der Waals surface area contributed by atoms with Gasteiger partial charge in [-0.3, -0.25) is 0 Å². The molecule has 0 aliphatic heterocycles. The van der Waals surface area contributed by atoms with Gasteiger partial charge in [0.05, 0.1) is 0 Å². The third-order valence-corrected chi connectivity index (χ3v) is 2.67. The van der Waals surface area contributed by atoms with E-state index in [4.69, 9.17) is 10.4 Å². The number of hydrogen-bond donors (Lipinski definition) is 2. The van der Waals surface area contributed by atoms with Crippen LogP contribution in [-0.2, 0) is 0 Å². The molecule has 4 rings (SSSR count). The van der Waals surface area contributed by atoms with E-state index in [-0.39, 0.29) is 5.48 Å². The third-order valence-electron chi connectivity index (χ3n) is 2.67. The Morgan fingerprint density at radius 1 is 0.667 bits per heavy atom. The molecule has 0 fully saturated rings. The summed E-state index contributed by atoms with van der Waals surface area (Å²) in [5.74, 6) is 0. The lowest BCUT2D eigenvalue weighted by Gasteiger charge is -1.85. The number of para-hydroxylation sites is 2. The third kappa shape index (κ3) is 2.72. The van der Waals surface area contributed by atoms with Crippen LogP contribution in [0, 0.1) is 0 Å². The number of fused-ring (bicyclic) bond motifs is 2. The van der Waals surface area contributed by atoms with Crippen LogP contribution >= 0.6 is 0 Å². The molecule has 0 bridgehead atoms. The first kappa shape index (κ1) is 14.2. The summed E-state index contributed by atoms with van der Waals surface area (Å²) in [7, 11) is 0. The van der Waals surface area contributed by atoms with Crippen LogP contribution < -0.4 is 0 Å². The first-order valence-corrected chi connectivity index (χ1v) is 5.75. The predicted octanol–water partition coefficient (Wildman–Crippen LogP) is 0.512. The zero-order valence-electron chi connectivity index (χ0n) is 10.7. The molecule has 2 heterocycles. The normalized spacial score (nSPS) is 9.90. The van der Waals surface area contributed by atoms with Gasteiger partial charge in [0.25, 0.3) is 0 Å². The van der Waals surface area contributed by atoms with Crippen molar-refractivity contribution in [2.45, 2.75) is 0 Å². The molecule has 0 saturated carbocycles. The Bertz CT molecular complexity index is 784. The number of hydrogen-bond acceptors (Lipinski definition) is 6. The van der Waals surface area contributed by atoms with Gasteiger partial charge in [0.1, 0.15) is 22.1 Å². The maximum absolute atomic E-state index is 8.95. The minimum atomic E-state index is 0. The molecule has 9 heteroatoms. The lowest BCUT2D eigenvalue weighted by molar-refractivity contribution is 0.154. The number of benzene rings is 2. The average molecular weight is 288 g/mol. The van der Waals surface area contributed by atoms with Gasteiger partial charge in [0, 0.05) is 0 Å². The lowest BCUT2D eigenvalue weighted by atomic mass is 10.3. The fourth-order valence-electron chi connectivity index (χ4n) is 1.71. The highest BCUT2D eigenvalue weighted by atomic mass is 16.5. The standard InChI is InChI=1S/2C6H5N3O.H2O/c2*10-9-6-4-2-1-3-5(6)7-8-9;/h2*1-4,10H;1H2. The van der Waals surface area contributed by atoms with Crippen LogP contribution in [0.4, 0.5) is 0 Å². The smallest absolute Gasteiger partial charge is 0.130 e. The van der Waals surface area contributed by atoms with Gasteiger partial charge in [-0.1, -0.05) is 34.0 Å². The molecule has 0 unspecified atom stereocenters. The van der Waals surface area contributed by atoms with Crippen molar-refractivity contribution in [1.82, 2.24) is 30.3 Å². The zero-order chi connectivity index (χ0) is 13.9. The molecule has 0 amide bonds. The molecule has 2 aromatic heterocycles. The SMILES string of the molecule is O.On1nnc2ccccc21.On1nnc2ccccc21. The molecular weight excluding hydrogens is 276 g/mol. The van der Waals surface area contributed by atoms with Gasteiger partial charge in [-0.2, -0.15) is 0 Å². The number of rotatable bonds is 0. The molecule has 21 heavy (non-hydrogen) atoms. The molecule has 0 atom stereocenters. The zero-order valence-corrected chi connectivity index (χ0v) is 10.7. The van der Waals surface area contributed by atoms with E-state index in [1.165, 1.54) is 0 Å². The molecule has 108 valence electrons. The van der Waals surface area contributed by atoms with Crippen molar-refractivity contribution < 1.29 is 15.9 Å². The topological polar surface area (TPSA) is 133 Å². The Kier molecular flexibility index (Phi) is 3.95. The van der Waals surface area contributed by atoms with Gasteiger partial charge in [-0.05, 0) is 34.7 Å². The van der Waals surface area contributed by atoms with Crippen LogP contribution in [0.3, 0.4) is 0 Å². The highest BCUT2D eigenvalue weighted by Crippen LogP contribution is 2.07. The fraction of sp³-hybridized carbons (Fsp3) is 0. The van der Waals surface area contributed by atoms with Gasteiger partial charge in [-0.15, -0.1) is 10.2 Å². The average Bonchev–Trinajstić information content (AvgIpc) is 3.05. The first-order valence-electron chi connectivity index (χ1n) is 5.75. The molecule has 0 saturated heterocycles. The summed E-state index contributed by atoms with van der Waals surface area (Å²) in [5.41, 5.74) is 2.65. The highest BCUT2D eigenvalue weighted by Gasteiger charge is 1.99. The summed E-state index contributed by atoms with van der Waals surface area (Å²) >= 11 is 0. The molecule has 2 aromatic carbocycles. The minimum absolute atomic E-state index is 0. The van der Waals surface area contributed by atoms with Crippen LogP contribution in [0.5, 0.6) is 0 Å². The van der Waals surface area contributed by atoms with E-state index < -0.39 is 0 Å². The Morgan fingerprint density at radius 2 is 1.05 bits per heavy atom. The van der Waals surface area contributed by atoms with Gasteiger partial charge in [0.2, 0.25) is 0 Å². The van der Waals surface area contributed by atoms with E-state index in [1.54, 1.807) is 24.3 Å². The Labute approximate surface area is 117 Å². The second-order valence-corrected chi connectivity index (χ2v) is 3.94. The Morgan fingerprint density at radius 3 is 1.43 bits per heavy atom. The second kappa shape index (κ2) is 5.84. The minimum Gasteiger partial charge on any atom is -0.412 e. The van der Waals surface area contributed by atoms with Gasteiger partial charge in [0.15, 0.2) is 0 Å². The Hall–Kier alpha value is -3.20. The second-order valence-electron chi connectivity index (χ2n) is 3.94. The predicted molar refractivity (Wildman–Crippen MR) is 73.0 cm³/mol. The monoisotopic (exact) mass is 288 g/mol. The first-order chi connectivity index (χ1) is 9.75. The van der Waals surface area contributed by atoms with E-state index in [9.17, 15) is 0 Å².